The van der Waals surface area contributed by atoms with E-state index in [1.807, 2.05) is 22.6 Å². The first-order valence-corrected chi connectivity index (χ1v) is 6.29. The van der Waals surface area contributed by atoms with Crippen molar-refractivity contribution >= 4 is 60.2 Å². The molecule has 0 aliphatic rings. The van der Waals surface area contributed by atoms with E-state index < -0.39 is 0 Å². The number of carbonyl (C=O) groups is 1. The molecule has 0 heterocycles. The summed E-state index contributed by atoms with van der Waals surface area (Å²) in [6, 6.07) is 2.83. The molecule has 1 aromatic carbocycles. The topological polar surface area (TPSA) is 17.1 Å². The van der Waals surface area contributed by atoms with Crippen molar-refractivity contribution in [2.45, 2.75) is 0 Å². The van der Waals surface area contributed by atoms with Crippen LogP contribution in [0.4, 0.5) is 4.39 Å². The van der Waals surface area contributed by atoms with Gasteiger partial charge in [-0.15, -0.1) is 0 Å². The van der Waals surface area contributed by atoms with E-state index in [0.29, 0.717) is 13.6 Å². The van der Waals surface area contributed by atoms with Gasteiger partial charge in [-0.1, -0.05) is 15.9 Å². The van der Waals surface area contributed by atoms with E-state index in [1.165, 1.54) is 12.1 Å². The summed E-state index contributed by atoms with van der Waals surface area (Å²) in [7, 11) is 0. The van der Waals surface area contributed by atoms with Gasteiger partial charge in [-0.25, -0.2) is 4.39 Å². The van der Waals surface area contributed by atoms with E-state index in [0.717, 1.165) is 0 Å². The van der Waals surface area contributed by atoms with Gasteiger partial charge >= 0.3 is 0 Å². The highest BCUT2D eigenvalue weighted by Gasteiger charge is 2.11. The maximum absolute atomic E-state index is 13.0. The van der Waals surface area contributed by atoms with Gasteiger partial charge in [0.05, 0.1) is 9.80 Å². The number of halogens is 4. The standard InChI is InChI=1S/C8H4Br2FIO/c9-3-8(13)4-1-5(10)6(11)2-7(4)12/h1-2H,3H2. The summed E-state index contributed by atoms with van der Waals surface area (Å²) in [5, 5.41) is 0.251. The predicted molar refractivity (Wildman–Crippen MR) is 64.9 cm³/mol. The maximum Gasteiger partial charge on any atom is 0.174 e. The summed E-state index contributed by atoms with van der Waals surface area (Å²) < 4.78 is 13.9. The van der Waals surface area contributed by atoms with E-state index in [-0.39, 0.29) is 16.9 Å². The minimum absolute atomic E-state index is 0.0508. The fraction of sp³-hybridized carbons (Fsp3) is 0.125. The van der Waals surface area contributed by atoms with Crippen molar-refractivity contribution in [2.75, 3.05) is 5.33 Å². The number of ketones is 1. The van der Waals surface area contributed by atoms with Crippen LogP contribution >= 0.6 is 54.5 Å². The third kappa shape index (κ3) is 2.73. The predicted octanol–water partition coefficient (Wildman–Crippen LogP) is 3.77. The molecule has 0 fully saturated rings. The maximum atomic E-state index is 13.0. The highest BCUT2D eigenvalue weighted by Crippen LogP contribution is 2.22. The summed E-state index contributed by atoms with van der Waals surface area (Å²) in [6.45, 7) is 0. The van der Waals surface area contributed by atoms with Crippen molar-refractivity contribution in [3.8, 4) is 0 Å². The van der Waals surface area contributed by atoms with Gasteiger partial charge in [0.25, 0.3) is 0 Å². The Hall–Kier alpha value is 0.510. The molecule has 0 amide bonds. The van der Waals surface area contributed by atoms with Gasteiger partial charge in [-0.3, -0.25) is 4.79 Å². The Labute approximate surface area is 105 Å². The Morgan fingerprint density at radius 2 is 2.15 bits per heavy atom. The normalized spacial score (nSPS) is 10.2. The van der Waals surface area contributed by atoms with Crippen LogP contribution in [0.25, 0.3) is 0 Å². The van der Waals surface area contributed by atoms with Crippen LogP contribution in [-0.4, -0.2) is 11.1 Å². The molecule has 5 heteroatoms. The quantitative estimate of drug-likeness (QED) is 0.307. The Morgan fingerprint density at radius 3 is 2.69 bits per heavy atom. The summed E-state index contributed by atoms with van der Waals surface area (Å²) in [4.78, 5) is 11.3. The van der Waals surface area contributed by atoms with Gasteiger partial charge < -0.3 is 0 Å². The molecule has 0 radical (unpaired) electrons. The van der Waals surface area contributed by atoms with Crippen LogP contribution in [0.2, 0.25) is 0 Å². The monoisotopic (exact) mass is 420 g/mol. The van der Waals surface area contributed by atoms with Crippen molar-refractivity contribution in [3.05, 3.63) is 31.6 Å². The molecule has 0 N–H and O–H groups in total. The van der Waals surface area contributed by atoms with Gasteiger partial charge in [0.1, 0.15) is 5.82 Å². The first-order valence-electron chi connectivity index (χ1n) is 3.30. The van der Waals surface area contributed by atoms with Crippen molar-refractivity contribution in [1.82, 2.24) is 0 Å². The number of Topliss-reactive ketones (excluding diaryl/α,β-unsaturated/α-hetero) is 1. The van der Waals surface area contributed by atoms with E-state index >= 15 is 0 Å². The molecule has 1 rings (SSSR count). The van der Waals surface area contributed by atoms with Crippen LogP contribution in [-0.2, 0) is 0 Å². The zero-order valence-electron chi connectivity index (χ0n) is 6.28. The summed E-state index contributed by atoms with van der Waals surface area (Å²) in [6.07, 6.45) is 0. The largest absolute Gasteiger partial charge is 0.293 e. The molecule has 0 saturated heterocycles. The molecule has 70 valence electrons. The molecule has 13 heavy (non-hydrogen) atoms. The lowest BCUT2D eigenvalue weighted by atomic mass is 10.1. The van der Waals surface area contributed by atoms with Crippen molar-refractivity contribution < 1.29 is 9.18 Å². The van der Waals surface area contributed by atoms with Gasteiger partial charge in [0.15, 0.2) is 5.78 Å². The Balaban J connectivity index is 3.23. The minimum atomic E-state index is -0.351. The molecule has 0 atom stereocenters. The van der Waals surface area contributed by atoms with Crippen molar-refractivity contribution in [3.63, 3.8) is 0 Å². The molecule has 0 spiro atoms. The van der Waals surface area contributed by atoms with Crippen LogP contribution < -0.4 is 0 Å². The second kappa shape index (κ2) is 4.84. The Morgan fingerprint density at radius 1 is 1.54 bits per heavy atom. The van der Waals surface area contributed by atoms with Crippen molar-refractivity contribution in [1.29, 1.82) is 0 Å². The lowest BCUT2D eigenvalue weighted by Crippen LogP contribution is -2.03. The van der Waals surface area contributed by atoms with Gasteiger partial charge in [0, 0.05) is 9.13 Å². The zero-order valence-corrected chi connectivity index (χ0v) is 11.6. The highest BCUT2D eigenvalue weighted by molar-refractivity contribution is 14.1. The average molecular weight is 422 g/mol. The zero-order chi connectivity index (χ0) is 10.0. The SMILES string of the molecule is O=C(CBr)c1cc(Br)c(F)cc1I. The van der Waals surface area contributed by atoms with E-state index in [4.69, 9.17) is 0 Å². The number of hydrogen-bond donors (Lipinski definition) is 0. The highest BCUT2D eigenvalue weighted by atomic mass is 127. The lowest BCUT2D eigenvalue weighted by molar-refractivity contribution is 0.102. The number of rotatable bonds is 2. The van der Waals surface area contributed by atoms with Gasteiger partial charge in [0.2, 0.25) is 0 Å². The summed E-state index contributed by atoms with van der Waals surface area (Å²) in [5.74, 6) is -0.402. The van der Waals surface area contributed by atoms with E-state index in [1.54, 1.807) is 0 Å². The number of benzene rings is 1. The average Bonchev–Trinajstić information content (AvgIpc) is 2.10. The fourth-order valence-electron chi connectivity index (χ4n) is 0.808. The molecular formula is C8H4Br2FIO. The molecule has 0 unspecified atom stereocenters. The third-order valence-corrected chi connectivity index (χ3v) is 3.44. The van der Waals surface area contributed by atoms with E-state index in [9.17, 15) is 9.18 Å². The fourth-order valence-corrected chi connectivity index (χ4v) is 2.18. The van der Waals surface area contributed by atoms with Crippen molar-refractivity contribution in [2.24, 2.45) is 0 Å². The summed E-state index contributed by atoms with van der Waals surface area (Å²) >= 11 is 8.04. The molecular weight excluding hydrogens is 418 g/mol. The van der Waals surface area contributed by atoms with Gasteiger partial charge in [-0.05, 0) is 50.7 Å². The third-order valence-electron chi connectivity index (χ3n) is 1.43. The minimum Gasteiger partial charge on any atom is -0.293 e. The molecule has 0 saturated carbocycles. The van der Waals surface area contributed by atoms with Crippen LogP contribution in [0.15, 0.2) is 16.6 Å². The number of hydrogen-bond acceptors (Lipinski definition) is 1. The second-order valence-corrected chi connectivity index (χ2v) is 4.88. The second-order valence-electron chi connectivity index (χ2n) is 2.30. The molecule has 1 aromatic rings. The van der Waals surface area contributed by atoms with Gasteiger partial charge in [-0.2, -0.15) is 0 Å². The smallest absolute Gasteiger partial charge is 0.174 e. The number of carbonyl (C=O) groups excluding carboxylic acids is 1. The van der Waals surface area contributed by atoms with E-state index in [2.05, 4.69) is 31.9 Å². The molecule has 0 bridgehead atoms. The molecule has 0 aromatic heterocycles. The van der Waals surface area contributed by atoms with Crippen LogP contribution in [0.1, 0.15) is 10.4 Å². The van der Waals surface area contributed by atoms with Crippen LogP contribution in [0.5, 0.6) is 0 Å². The number of alkyl halides is 1. The first kappa shape index (κ1) is 11.6. The lowest BCUT2D eigenvalue weighted by Gasteiger charge is -2.02. The Kier molecular flexibility index (Phi) is 4.31. The summed E-state index contributed by atoms with van der Waals surface area (Å²) in [5.41, 5.74) is 0.533. The van der Waals surface area contributed by atoms with Crippen LogP contribution in [0.3, 0.4) is 0 Å². The molecule has 0 aliphatic carbocycles. The molecule has 0 aliphatic heterocycles. The first-order chi connectivity index (χ1) is 6.06. The van der Waals surface area contributed by atoms with Crippen LogP contribution in [0, 0.1) is 9.39 Å². The molecule has 1 nitrogen and oxygen atoms in total. The Bertz CT molecular complexity index is 354.